The minimum absolute atomic E-state index is 0.153. The van der Waals surface area contributed by atoms with Gasteiger partial charge in [0.1, 0.15) is 6.04 Å². The first kappa shape index (κ1) is 16.0. The molecule has 7 heteroatoms. The van der Waals surface area contributed by atoms with E-state index in [1.54, 1.807) is 12.5 Å². The number of nitrogens with zero attached hydrogens (tertiary/aromatic N) is 4. The third-order valence-corrected chi connectivity index (χ3v) is 4.86. The van der Waals surface area contributed by atoms with Crippen LogP contribution in [-0.2, 0) is 11.3 Å². The molecule has 2 aliphatic heterocycles. The van der Waals surface area contributed by atoms with Gasteiger partial charge in [0.25, 0.3) is 0 Å². The quantitative estimate of drug-likeness (QED) is 0.843. The molecule has 0 radical (unpaired) electrons. The Balaban J connectivity index is 1.31. The second kappa shape index (κ2) is 6.76. The Labute approximate surface area is 146 Å². The Bertz CT molecular complexity index is 739. The minimum atomic E-state index is -0.206. The third kappa shape index (κ3) is 3.32. The number of hydrogen-bond donors (Lipinski definition) is 0. The maximum atomic E-state index is 12.6. The van der Waals surface area contributed by atoms with Gasteiger partial charge in [-0.3, -0.25) is 9.69 Å². The van der Waals surface area contributed by atoms with E-state index in [0.717, 1.165) is 44.2 Å². The summed E-state index contributed by atoms with van der Waals surface area (Å²) in [6.07, 6.45) is 5.23. The molecule has 0 unspecified atom stereocenters. The summed E-state index contributed by atoms with van der Waals surface area (Å²) in [5.74, 6) is 1.79. The fraction of sp³-hybridized carbons (Fsp3) is 0.444. The molecule has 2 aliphatic rings. The molecule has 1 fully saturated rings. The van der Waals surface area contributed by atoms with E-state index in [4.69, 9.17) is 9.47 Å². The Morgan fingerprint density at radius 3 is 2.76 bits per heavy atom. The predicted octanol–water partition coefficient (Wildman–Crippen LogP) is 1.52. The summed E-state index contributed by atoms with van der Waals surface area (Å²) >= 11 is 0. The summed E-state index contributed by atoms with van der Waals surface area (Å²) in [4.78, 5) is 20.9. The number of ether oxygens (including phenoxy) is 2. The zero-order valence-corrected chi connectivity index (χ0v) is 14.3. The van der Waals surface area contributed by atoms with Gasteiger partial charge in [-0.05, 0) is 24.6 Å². The molecule has 25 heavy (non-hydrogen) atoms. The molecule has 0 N–H and O–H groups in total. The fourth-order valence-electron chi connectivity index (χ4n) is 3.31. The van der Waals surface area contributed by atoms with Gasteiger partial charge in [0.15, 0.2) is 11.5 Å². The van der Waals surface area contributed by atoms with Crippen molar-refractivity contribution in [2.24, 2.45) is 0 Å². The van der Waals surface area contributed by atoms with Crippen LogP contribution in [0.25, 0.3) is 0 Å². The highest BCUT2D eigenvalue weighted by atomic mass is 16.7. The van der Waals surface area contributed by atoms with Crippen molar-refractivity contribution in [3.8, 4) is 11.5 Å². The van der Waals surface area contributed by atoms with Crippen molar-refractivity contribution in [1.82, 2.24) is 19.4 Å². The summed E-state index contributed by atoms with van der Waals surface area (Å²) in [6.45, 7) is 6.33. The van der Waals surface area contributed by atoms with Crippen LogP contribution >= 0.6 is 0 Å². The van der Waals surface area contributed by atoms with Gasteiger partial charge in [0.05, 0.1) is 6.33 Å². The lowest BCUT2D eigenvalue weighted by Gasteiger charge is -2.36. The molecular formula is C18H22N4O3. The van der Waals surface area contributed by atoms with E-state index >= 15 is 0 Å². The first-order valence-electron chi connectivity index (χ1n) is 8.58. The number of rotatable bonds is 4. The maximum Gasteiger partial charge on any atom is 0.245 e. The fourth-order valence-corrected chi connectivity index (χ4v) is 3.31. The largest absolute Gasteiger partial charge is 0.454 e. The van der Waals surface area contributed by atoms with Gasteiger partial charge in [0.2, 0.25) is 12.7 Å². The van der Waals surface area contributed by atoms with Crippen molar-refractivity contribution in [2.75, 3.05) is 33.0 Å². The molecule has 0 saturated carbocycles. The normalized spacial score (nSPS) is 18.4. The Kier molecular flexibility index (Phi) is 4.31. The summed E-state index contributed by atoms with van der Waals surface area (Å²) in [5.41, 5.74) is 1.20. The van der Waals surface area contributed by atoms with Gasteiger partial charge in [-0.2, -0.15) is 0 Å². The van der Waals surface area contributed by atoms with E-state index < -0.39 is 0 Å². The number of hydrogen-bond acceptors (Lipinski definition) is 5. The first-order chi connectivity index (χ1) is 12.2. The van der Waals surface area contributed by atoms with Crippen molar-refractivity contribution in [2.45, 2.75) is 19.5 Å². The van der Waals surface area contributed by atoms with E-state index in [9.17, 15) is 4.79 Å². The van der Waals surface area contributed by atoms with Crippen LogP contribution in [0.5, 0.6) is 11.5 Å². The zero-order valence-electron chi connectivity index (χ0n) is 14.3. The van der Waals surface area contributed by atoms with Gasteiger partial charge >= 0.3 is 0 Å². The minimum Gasteiger partial charge on any atom is -0.454 e. The average Bonchev–Trinajstić information content (AvgIpc) is 3.32. The molecular weight excluding hydrogens is 320 g/mol. The number of carbonyl (C=O) groups excluding carboxylic acids is 1. The average molecular weight is 342 g/mol. The van der Waals surface area contributed by atoms with Crippen LogP contribution in [0, 0.1) is 0 Å². The Morgan fingerprint density at radius 2 is 2.00 bits per heavy atom. The monoisotopic (exact) mass is 342 g/mol. The highest BCUT2D eigenvalue weighted by Crippen LogP contribution is 2.32. The molecule has 1 atom stereocenters. The molecule has 7 nitrogen and oxygen atoms in total. The predicted molar refractivity (Wildman–Crippen MR) is 91.4 cm³/mol. The molecule has 1 amide bonds. The van der Waals surface area contributed by atoms with Gasteiger partial charge in [-0.15, -0.1) is 0 Å². The summed E-state index contributed by atoms with van der Waals surface area (Å²) < 4.78 is 12.6. The van der Waals surface area contributed by atoms with Gasteiger partial charge in [0, 0.05) is 45.1 Å². The first-order valence-corrected chi connectivity index (χ1v) is 8.58. The molecule has 0 bridgehead atoms. The molecule has 132 valence electrons. The van der Waals surface area contributed by atoms with Crippen LogP contribution in [0.3, 0.4) is 0 Å². The van der Waals surface area contributed by atoms with Crippen LogP contribution in [-0.4, -0.2) is 58.2 Å². The zero-order chi connectivity index (χ0) is 17.2. The third-order valence-electron chi connectivity index (χ3n) is 4.86. The van der Waals surface area contributed by atoms with Crippen LogP contribution in [0.1, 0.15) is 18.5 Å². The maximum absolute atomic E-state index is 12.6. The number of fused-ring (bicyclic) bond motifs is 1. The molecule has 3 heterocycles. The molecule has 2 aromatic rings. The van der Waals surface area contributed by atoms with Crippen molar-refractivity contribution in [3.63, 3.8) is 0 Å². The molecule has 0 spiro atoms. The topological polar surface area (TPSA) is 59.8 Å². The lowest BCUT2D eigenvalue weighted by Crippen LogP contribution is -2.49. The summed E-state index contributed by atoms with van der Waals surface area (Å²) in [5, 5.41) is 0. The second-order valence-electron chi connectivity index (χ2n) is 6.47. The van der Waals surface area contributed by atoms with Crippen molar-refractivity contribution in [3.05, 3.63) is 42.5 Å². The van der Waals surface area contributed by atoms with E-state index in [2.05, 4.69) is 16.0 Å². The number of aromatic nitrogens is 2. The smallest absolute Gasteiger partial charge is 0.245 e. The number of amides is 1. The molecule has 4 rings (SSSR count). The highest BCUT2D eigenvalue weighted by molar-refractivity contribution is 5.80. The van der Waals surface area contributed by atoms with Crippen LogP contribution in [0.4, 0.5) is 0 Å². The second-order valence-corrected chi connectivity index (χ2v) is 6.47. The van der Waals surface area contributed by atoms with Crippen LogP contribution < -0.4 is 9.47 Å². The van der Waals surface area contributed by atoms with Crippen molar-refractivity contribution >= 4 is 5.91 Å². The van der Waals surface area contributed by atoms with E-state index in [-0.39, 0.29) is 11.9 Å². The number of benzene rings is 1. The number of imidazole rings is 1. The van der Waals surface area contributed by atoms with Gasteiger partial charge in [-0.1, -0.05) is 6.07 Å². The summed E-state index contributed by atoms with van der Waals surface area (Å²) in [6, 6.07) is 5.88. The van der Waals surface area contributed by atoms with Crippen LogP contribution in [0.15, 0.2) is 36.9 Å². The van der Waals surface area contributed by atoms with Crippen molar-refractivity contribution in [1.29, 1.82) is 0 Å². The van der Waals surface area contributed by atoms with Gasteiger partial charge < -0.3 is 18.9 Å². The summed E-state index contributed by atoms with van der Waals surface area (Å²) in [7, 11) is 0. The van der Waals surface area contributed by atoms with E-state index in [0.29, 0.717) is 6.79 Å². The molecule has 1 aromatic carbocycles. The number of carbonyl (C=O) groups is 1. The lowest BCUT2D eigenvalue weighted by molar-refractivity contribution is -0.136. The number of piperazine rings is 1. The molecule has 1 aromatic heterocycles. The SMILES string of the molecule is C[C@@H](C(=O)N1CCN(Cc2ccc3c(c2)OCO3)CC1)n1ccnc1. The highest BCUT2D eigenvalue weighted by Gasteiger charge is 2.26. The molecule has 0 aliphatic carbocycles. The van der Waals surface area contributed by atoms with Crippen molar-refractivity contribution < 1.29 is 14.3 Å². The van der Waals surface area contributed by atoms with Gasteiger partial charge in [-0.25, -0.2) is 4.98 Å². The Morgan fingerprint density at radius 1 is 1.20 bits per heavy atom. The van der Waals surface area contributed by atoms with E-state index in [1.807, 2.05) is 34.7 Å². The standard InChI is InChI=1S/C18H22N4O3/c1-14(22-5-4-19-12-22)18(23)21-8-6-20(7-9-21)11-15-2-3-16-17(10-15)25-13-24-16/h2-5,10,12,14H,6-9,11,13H2,1H3/t14-/m0/s1. The lowest BCUT2D eigenvalue weighted by atomic mass is 10.1. The van der Waals surface area contributed by atoms with Crippen LogP contribution in [0.2, 0.25) is 0 Å². The Hall–Kier alpha value is -2.54. The molecule has 1 saturated heterocycles. The van der Waals surface area contributed by atoms with E-state index in [1.165, 1.54) is 5.56 Å².